The smallest absolute Gasteiger partial charge is 0.106 e. The quantitative estimate of drug-likeness (QED) is 0.596. The predicted molar refractivity (Wildman–Crippen MR) is 74.7 cm³/mol. The number of nitrogens with one attached hydrogen (secondary N) is 2. The van der Waals surface area contributed by atoms with Gasteiger partial charge in [0.2, 0.25) is 0 Å². The number of nitrogens with zero attached hydrogens (tertiary/aromatic N) is 1. The van der Waals surface area contributed by atoms with Crippen LogP contribution in [0.4, 0.5) is 0 Å². The van der Waals surface area contributed by atoms with Crippen LogP contribution >= 0.6 is 0 Å². The van der Waals surface area contributed by atoms with Crippen LogP contribution < -0.4 is 5.32 Å². The minimum atomic E-state index is 0.448. The zero-order valence-electron chi connectivity index (χ0n) is 11.7. The Balaban J connectivity index is 1.84. The summed E-state index contributed by atoms with van der Waals surface area (Å²) in [5.74, 6) is 1.08. The number of hydrogen-bond acceptors (Lipinski definition) is 3. The number of H-pyrrole nitrogens is 1. The van der Waals surface area contributed by atoms with Crippen LogP contribution in [-0.4, -0.2) is 35.8 Å². The fourth-order valence-corrected chi connectivity index (χ4v) is 1.91. The maximum Gasteiger partial charge on any atom is 0.106 e. The van der Waals surface area contributed by atoms with Crippen LogP contribution in [0.2, 0.25) is 0 Å². The number of hydrogen-bond donors (Lipinski definition) is 2. The molecule has 1 aromatic heterocycles. The van der Waals surface area contributed by atoms with E-state index in [2.05, 4.69) is 29.1 Å². The summed E-state index contributed by atoms with van der Waals surface area (Å²) in [4.78, 5) is 7.31. The van der Waals surface area contributed by atoms with Crippen LogP contribution in [0, 0.1) is 0 Å². The fourth-order valence-electron chi connectivity index (χ4n) is 1.91. The summed E-state index contributed by atoms with van der Waals surface area (Å²) in [6.07, 6.45) is 9.60. The molecule has 0 radical (unpaired) electrons. The third-order valence-electron chi connectivity index (χ3n) is 3.08. The Morgan fingerprint density at radius 3 is 2.72 bits per heavy atom. The van der Waals surface area contributed by atoms with E-state index in [9.17, 15) is 0 Å². The highest BCUT2D eigenvalue weighted by Gasteiger charge is 2.01. The highest BCUT2D eigenvalue weighted by molar-refractivity contribution is 4.86. The van der Waals surface area contributed by atoms with Crippen molar-refractivity contribution in [1.29, 1.82) is 0 Å². The van der Waals surface area contributed by atoms with Crippen molar-refractivity contribution in [3.8, 4) is 0 Å². The minimum absolute atomic E-state index is 0.448. The molecule has 1 heterocycles. The highest BCUT2D eigenvalue weighted by atomic mass is 16.5. The molecule has 1 rings (SSSR count). The normalized spacial score (nSPS) is 11.3. The van der Waals surface area contributed by atoms with Gasteiger partial charge in [-0.05, 0) is 38.8 Å². The Labute approximate surface area is 111 Å². The standard InChI is InChI=1S/C14H27N3O/c1-3-13(4-2)18-12-6-9-15-8-5-7-14-16-10-11-17-14/h10-11,13,15H,3-9,12H2,1-2H3,(H,16,17). The summed E-state index contributed by atoms with van der Waals surface area (Å²) in [6.45, 7) is 7.32. The molecule has 1 aromatic rings. The molecular formula is C14H27N3O. The molecule has 0 amide bonds. The van der Waals surface area contributed by atoms with E-state index in [0.29, 0.717) is 6.10 Å². The molecule has 2 N–H and O–H groups in total. The molecule has 0 aromatic carbocycles. The van der Waals surface area contributed by atoms with Crippen molar-refractivity contribution in [3.63, 3.8) is 0 Å². The minimum Gasteiger partial charge on any atom is -0.378 e. The lowest BCUT2D eigenvalue weighted by Gasteiger charge is -2.13. The molecular weight excluding hydrogens is 226 g/mol. The van der Waals surface area contributed by atoms with Gasteiger partial charge in [-0.3, -0.25) is 0 Å². The van der Waals surface area contributed by atoms with E-state index in [1.165, 1.54) is 0 Å². The second-order valence-corrected chi connectivity index (χ2v) is 4.55. The van der Waals surface area contributed by atoms with E-state index < -0.39 is 0 Å². The van der Waals surface area contributed by atoms with Crippen LogP contribution in [0.3, 0.4) is 0 Å². The molecule has 0 aliphatic rings. The van der Waals surface area contributed by atoms with Gasteiger partial charge in [0.1, 0.15) is 5.82 Å². The van der Waals surface area contributed by atoms with Crippen LogP contribution in [0.1, 0.15) is 45.4 Å². The molecule has 0 spiro atoms. The zero-order chi connectivity index (χ0) is 13.1. The largest absolute Gasteiger partial charge is 0.378 e. The molecule has 0 saturated carbocycles. The summed E-state index contributed by atoms with van der Waals surface area (Å²) >= 11 is 0. The summed E-state index contributed by atoms with van der Waals surface area (Å²) in [6, 6.07) is 0. The van der Waals surface area contributed by atoms with Gasteiger partial charge in [0.15, 0.2) is 0 Å². The van der Waals surface area contributed by atoms with Gasteiger partial charge in [0.25, 0.3) is 0 Å². The van der Waals surface area contributed by atoms with Crippen molar-refractivity contribution in [2.75, 3.05) is 19.7 Å². The van der Waals surface area contributed by atoms with E-state index in [4.69, 9.17) is 4.74 Å². The number of aryl methyl sites for hydroxylation is 1. The first-order chi connectivity index (χ1) is 8.86. The fraction of sp³-hybridized carbons (Fsp3) is 0.786. The number of aromatic amines is 1. The first-order valence-corrected chi connectivity index (χ1v) is 7.17. The third kappa shape index (κ3) is 6.77. The van der Waals surface area contributed by atoms with Gasteiger partial charge in [-0.1, -0.05) is 13.8 Å². The van der Waals surface area contributed by atoms with Crippen molar-refractivity contribution >= 4 is 0 Å². The first kappa shape index (κ1) is 15.2. The molecule has 18 heavy (non-hydrogen) atoms. The van der Waals surface area contributed by atoms with Crippen molar-refractivity contribution in [3.05, 3.63) is 18.2 Å². The highest BCUT2D eigenvalue weighted by Crippen LogP contribution is 2.02. The lowest BCUT2D eigenvalue weighted by Crippen LogP contribution is -2.20. The molecule has 0 aliphatic heterocycles. The summed E-state index contributed by atoms with van der Waals surface area (Å²) in [5.41, 5.74) is 0. The lowest BCUT2D eigenvalue weighted by atomic mass is 10.2. The molecule has 0 saturated heterocycles. The Morgan fingerprint density at radius 1 is 1.28 bits per heavy atom. The summed E-state index contributed by atoms with van der Waals surface area (Å²) in [5, 5.41) is 3.44. The van der Waals surface area contributed by atoms with Crippen molar-refractivity contribution in [2.24, 2.45) is 0 Å². The van der Waals surface area contributed by atoms with E-state index in [1.54, 1.807) is 6.20 Å². The number of rotatable bonds is 11. The molecule has 0 atom stereocenters. The lowest BCUT2D eigenvalue weighted by molar-refractivity contribution is 0.0469. The van der Waals surface area contributed by atoms with Crippen LogP contribution in [0.15, 0.2) is 12.4 Å². The molecule has 0 unspecified atom stereocenters. The summed E-state index contributed by atoms with van der Waals surface area (Å²) in [7, 11) is 0. The number of aromatic nitrogens is 2. The van der Waals surface area contributed by atoms with E-state index >= 15 is 0 Å². The van der Waals surface area contributed by atoms with E-state index in [-0.39, 0.29) is 0 Å². The van der Waals surface area contributed by atoms with Gasteiger partial charge in [0.05, 0.1) is 6.10 Å². The van der Waals surface area contributed by atoms with Gasteiger partial charge in [0, 0.05) is 25.4 Å². The second-order valence-electron chi connectivity index (χ2n) is 4.55. The topological polar surface area (TPSA) is 49.9 Å². The maximum absolute atomic E-state index is 5.75. The van der Waals surface area contributed by atoms with Crippen molar-refractivity contribution < 1.29 is 4.74 Å². The first-order valence-electron chi connectivity index (χ1n) is 7.17. The molecule has 0 fully saturated rings. The molecule has 4 heteroatoms. The van der Waals surface area contributed by atoms with Gasteiger partial charge in [-0.2, -0.15) is 0 Å². The van der Waals surface area contributed by atoms with Crippen molar-refractivity contribution in [2.45, 2.75) is 52.1 Å². The molecule has 104 valence electrons. The zero-order valence-corrected chi connectivity index (χ0v) is 11.7. The van der Waals surface area contributed by atoms with Gasteiger partial charge in [-0.15, -0.1) is 0 Å². The number of imidazole rings is 1. The van der Waals surface area contributed by atoms with E-state index in [0.717, 1.165) is 57.6 Å². The SMILES string of the molecule is CCC(CC)OCCCNCCCc1ncc[nH]1. The average Bonchev–Trinajstić information content (AvgIpc) is 2.90. The van der Waals surface area contributed by atoms with Gasteiger partial charge >= 0.3 is 0 Å². The monoisotopic (exact) mass is 253 g/mol. The second kappa shape index (κ2) is 10.1. The predicted octanol–water partition coefficient (Wildman–Crippen LogP) is 2.53. The molecule has 0 aliphatic carbocycles. The third-order valence-corrected chi connectivity index (χ3v) is 3.08. The van der Waals surface area contributed by atoms with Crippen LogP contribution in [0.25, 0.3) is 0 Å². The van der Waals surface area contributed by atoms with Crippen molar-refractivity contribution in [1.82, 2.24) is 15.3 Å². The van der Waals surface area contributed by atoms with Gasteiger partial charge in [-0.25, -0.2) is 4.98 Å². The Kier molecular flexibility index (Phi) is 8.51. The Morgan fingerprint density at radius 2 is 2.06 bits per heavy atom. The Bertz CT molecular complexity index is 271. The van der Waals surface area contributed by atoms with E-state index in [1.807, 2.05) is 6.20 Å². The van der Waals surface area contributed by atoms with Gasteiger partial charge < -0.3 is 15.0 Å². The maximum atomic E-state index is 5.75. The van der Waals surface area contributed by atoms with Crippen LogP contribution in [0.5, 0.6) is 0 Å². The van der Waals surface area contributed by atoms with Crippen LogP contribution in [-0.2, 0) is 11.2 Å². The molecule has 4 nitrogen and oxygen atoms in total. The summed E-state index contributed by atoms with van der Waals surface area (Å²) < 4.78 is 5.75. The Hall–Kier alpha value is -0.870. The number of ether oxygens (including phenoxy) is 1. The molecule has 0 bridgehead atoms. The average molecular weight is 253 g/mol.